The van der Waals surface area contributed by atoms with Gasteiger partial charge in [-0.15, -0.1) is 0 Å². The number of hydrogen-bond donors (Lipinski definition) is 0. The molecule has 0 radical (unpaired) electrons. The van der Waals surface area contributed by atoms with E-state index in [1.54, 1.807) is 4.90 Å². The molecule has 1 amide bonds. The molecule has 37 heavy (non-hydrogen) atoms. The molecule has 0 aliphatic carbocycles. The van der Waals surface area contributed by atoms with E-state index < -0.39 is 5.82 Å². The Morgan fingerprint density at radius 3 is 2.68 bits per heavy atom. The summed E-state index contributed by atoms with van der Waals surface area (Å²) in [5.74, 6) is -0.770. The summed E-state index contributed by atoms with van der Waals surface area (Å²) in [6.45, 7) is 1.97. The van der Waals surface area contributed by atoms with Crippen LogP contribution in [0.2, 0.25) is 5.02 Å². The molecule has 3 aliphatic rings. The van der Waals surface area contributed by atoms with Gasteiger partial charge in [-0.05, 0) is 49.6 Å². The van der Waals surface area contributed by atoms with Crippen LogP contribution >= 0.6 is 11.6 Å². The highest BCUT2D eigenvalue weighted by molar-refractivity contribution is 6.30. The summed E-state index contributed by atoms with van der Waals surface area (Å²) in [4.78, 5) is 26.7. The van der Waals surface area contributed by atoms with Crippen LogP contribution in [0.5, 0.6) is 5.88 Å². The molecule has 3 aliphatic heterocycles. The Labute approximate surface area is 219 Å². The van der Waals surface area contributed by atoms with Crippen molar-refractivity contribution in [1.82, 2.24) is 24.2 Å². The predicted molar refractivity (Wildman–Crippen MR) is 139 cm³/mol. The molecule has 4 aromatic rings. The van der Waals surface area contributed by atoms with Crippen molar-refractivity contribution < 1.29 is 13.9 Å². The normalized spacial score (nSPS) is 19.8. The topological polar surface area (TPSA) is 63.0 Å². The van der Waals surface area contributed by atoms with Crippen LogP contribution in [0, 0.1) is 5.82 Å². The molecule has 7 nitrogen and oxygen atoms in total. The molecule has 0 N–H and O–H groups in total. The number of hydrogen-bond acceptors (Lipinski definition) is 5. The maximum absolute atomic E-state index is 14.6. The SMILES string of the molecule is COc1ccc(F)c(C(=O)N2CCC3CCC2CN3Cc2c(-c3ccc(Cl)cc3)nc3ccccn23)n1. The fourth-order valence-electron chi connectivity index (χ4n) is 5.64. The van der Waals surface area contributed by atoms with Crippen molar-refractivity contribution in [2.24, 2.45) is 0 Å². The molecular formula is C28H27ClFN5O2. The van der Waals surface area contributed by atoms with E-state index >= 15 is 0 Å². The largest absolute Gasteiger partial charge is 0.481 e. The third-order valence-corrected chi connectivity index (χ3v) is 7.78. The summed E-state index contributed by atoms with van der Waals surface area (Å²) in [6, 6.07) is 16.7. The number of benzene rings is 1. The van der Waals surface area contributed by atoms with Crippen molar-refractivity contribution in [2.45, 2.75) is 37.9 Å². The molecular weight excluding hydrogens is 493 g/mol. The zero-order valence-electron chi connectivity index (χ0n) is 20.5. The fraction of sp³-hybridized carbons (Fsp3) is 0.321. The molecule has 3 aromatic heterocycles. The predicted octanol–water partition coefficient (Wildman–Crippen LogP) is 5.08. The summed E-state index contributed by atoms with van der Waals surface area (Å²) >= 11 is 6.14. The lowest BCUT2D eigenvalue weighted by atomic mass is 9.98. The number of methoxy groups -OCH3 is 1. The van der Waals surface area contributed by atoms with Crippen molar-refractivity contribution >= 4 is 23.2 Å². The lowest BCUT2D eigenvalue weighted by Crippen LogP contribution is -2.49. The minimum Gasteiger partial charge on any atom is -0.481 e. The number of nitrogens with zero attached hydrogens (tertiary/aromatic N) is 5. The molecule has 1 aromatic carbocycles. The molecule has 9 heteroatoms. The molecule has 0 spiro atoms. The second kappa shape index (κ2) is 9.76. The van der Waals surface area contributed by atoms with Gasteiger partial charge in [0.05, 0.1) is 18.5 Å². The highest BCUT2D eigenvalue weighted by Gasteiger charge is 2.39. The first-order chi connectivity index (χ1) is 18.0. The number of piperidine rings is 1. The summed E-state index contributed by atoms with van der Waals surface area (Å²) in [6.07, 6.45) is 4.73. The van der Waals surface area contributed by atoms with Gasteiger partial charge in [-0.1, -0.05) is 29.8 Å². The van der Waals surface area contributed by atoms with Crippen LogP contribution in [0.15, 0.2) is 60.8 Å². The fourth-order valence-corrected chi connectivity index (χ4v) is 5.77. The Bertz CT molecular complexity index is 1460. The minimum atomic E-state index is -0.625. The number of imidazole rings is 1. The number of rotatable bonds is 5. The van der Waals surface area contributed by atoms with E-state index in [2.05, 4.69) is 14.3 Å². The third kappa shape index (κ3) is 4.45. The van der Waals surface area contributed by atoms with Crippen LogP contribution < -0.4 is 4.74 Å². The van der Waals surface area contributed by atoms with Crippen molar-refractivity contribution in [3.63, 3.8) is 0 Å². The van der Waals surface area contributed by atoms with Crippen LogP contribution in [0.1, 0.15) is 35.4 Å². The summed E-state index contributed by atoms with van der Waals surface area (Å²) in [7, 11) is 1.46. The van der Waals surface area contributed by atoms with Gasteiger partial charge < -0.3 is 14.0 Å². The van der Waals surface area contributed by atoms with Crippen LogP contribution in [-0.2, 0) is 6.54 Å². The number of fused-ring (bicyclic) bond motifs is 5. The maximum atomic E-state index is 14.6. The molecule has 3 saturated heterocycles. The Kier molecular flexibility index (Phi) is 6.30. The Hall–Kier alpha value is -3.49. The van der Waals surface area contributed by atoms with E-state index in [1.807, 2.05) is 48.7 Å². The van der Waals surface area contributed by atoms with E-state index in [9.17, 15) is 9.18 Å². The zero-order valence-corrected chi connectivity index (χ0v) is 21.2. The van der Waals surface area contributed by atoms with E-state index in [1.165, 1.54) is 19.2 Å². The van der Waals surface area contributed by atoms with Gasteiger partial charge >= 0.3 is 0 Å². The first-order valence-electron chi connectivity index (χ1n) is 12.5. The summed E-state index contributed by atoms with van der Waals surface area (Å²) < 4.78 is 21.8. The highest BCUT2D eigenvalue weighted by atomic mass is 35.5. The molecule has 2 bridgehead atoms. The van der Waals surface area contributed by atoms with Crippen molar-refractivity contribution in [3.05, 3.63) is 83.0 Å². The summed E-state index contributed by atoms with van der Waals surface area (Å²) in [5.41, 5.74) is 3.75. The van der Waals surface area contributed by atoms with Crippen LogP contribution in [0.3, 0.4) is 0 Å². The maximum Gasteiger partial charge on any atom is 0.275 e. The monoisotopic (exact) mass is 519 g/mol. The van der Waals surface area contributed by atoms with Crippen molar-refractivity contribution in [2.75, 3.05) is 20.2 Å². The smallest absolute Gasteiger partial charge is 0.275 e. The van der Waals surface area contributed by atoms with Gasteiger partial charge in [0.15, 0.2) is 11.5 Å². The van der Waals surface area contributed by atoms with E-state index in [0.29, 0.717) is 30.7 Å². The second-order valence-electron chi connectivity index (χ2n) is 9.63. The average molecular weight is 520 g/mol. The van der Waals surface area contributed by atoms with Gasteiger partial charge in [0, 0.05) is 54.6 Å². The lowest BCUT2D eigenvalue weighted by molar-refractivity contribution is 0.0592. The van der Waals surface area contributed by atoms with Gasteiger partial charge in [0.2, 0.25) is 5.88 Å². The van der Waals surface area contributed by atoms with Crippen molar-refractivity contribution in [1.29, 1.82) is 0 Å². The van der Waals surface area contributed by atoms with Crippen LogP contribution in [0.25, 0.3) is 16.9 Å². The Morgan fingerprint density at radius 1 is 1.05 bits per heavy atom. The minimum absolute atomic E-state index is 0.0168. The van der Waals surface area contributed by atoms with Crippen molar-refractivity contribution in [3.8, 4) is 17.1 Å². The lowest BCUT2D eigenvalue weighted by Gasteiger charge is -2.38. The Morgan fingerprint density at radius 2 is 1.86 bits per heavy atom. The van der Waals surface area contributed by atoms with Gasteiger partial charge in [-0.25, -0.2) is 14.4 Å². The average Bonchev–Trinajstić information content (AvgIpc) is 3.04. The summed E-state index contributed by atoms with van der Waals surface area (Å²) in [5, 5.41) is 0.686. The zero-order chi connectivity index (χ0) is 25.5. The number of carbonyl (C=O) groups is 1. The third-order valence-electron chi connectivity index (χ3n) is 7.53. The molecule has 3 fully saturated rings. The number of amides is 1. The van der Waals surface area contributed by atoms with E-state index in [-0.39, 0.29) is 23.5 Å². The van der Waals surface area contributed by atoms with E-state index in [4.69, 9.17) is 21.3 Å². The second-order valence-corrected chi connectivity index (χ2v) is 10.1. The number of halogens is 2. The quantitative estimate of drug-likeness (QED) is 0.368. The standard InChI is InChI=1S/C28H27ClFN5O2/c1-37-25-12-11-22(30)27(32-25)28(36)34-15-13-20-9-10-21(34)16-33(20)17-23-26(18-5-7-19(29)8-6-18)31-24-4-2-3-14-35(23)24/h2-8,11-12,14,20-21H,9-10,13,15-17H2,1H3. The number of ether oxygens (including phenoxy) is 1. The molecule has 190 valence electrons. The molecule has 2 unspecified atom stereocenters. The molecule has 7 rings (SSSR count). The highest BCUT2D eigenvalue weighted by Crippen LogP contribution is 2.33. The molecule has 6 heterocycles. The molecule has 2 atom stereocenters. The van der Waals surface area contributed by atoms with Crippen LogP contribution in [-0.4, -0.2) is 62.4 Å². The number of pyridine rings is 2. The van der Waals surface area contributed by atoms with Crippen LogP contribution in [0.4, 0.5) is 4.39 Å². The first-order valence-corrected chi connectivity index (χ1v) is 12.9. The van der Waals surface area contributed by atoms with E-state index in [0.717, 1.165) is 41.9 Å². The van der Waals surface area contributed by atoms with Gasteiger partial charge in [0.1, 0.15) is 5.65 Å². The van der Waals surface area contributed by atoms with Gasteiger partial charge in [-0.2, -0.15) is 0 Å². The first kappa shape index (κ1) is 23.9. The van der Waals surface area contributed by atoms with Gasteiger partial charge in [0.25, 0.3) is 5.91 Å². The van der Waals surface area contributed by atoms with Gasteiger partial charge in [-0.3, -0.25) is 9.69 Å². The number of carbonyl (C=O) groups excluding carboxylic acids is 1. The Balaban J connectivity index is 1.30. The molecule has 0 saturated carbocycles. The number of aromatic nitrogens is 3.